The van der Waals surface area contributed by atoms with Gasteiger partial charge in [-0.3, -0.25) is 0 Å². The van der Waals surface area contributed by atoms with Crippen molar-refractivity contribution in [3.63, 3.8) is 0 Å². The fourth-order valence-electron chi connectivity index (χ4n) is 2.02. The molecule has 2 rings (SSSR count). The Bertz CT molecular complexity index is 416. The van der Waals surface area contributed by atoms with Gasteiger partial charge in [-0.05, 0) is 50.3 Å². The molecule has 2 nitrogen and oxygen atoms in total. The molecule has 20 heavy (non-hydrogen) atoms. The normalized spacial score (nSPS) is 21.3. The van der Waals surface area contributed by atoms with Gasteiger partial charge in [0, 0.05) is 0 Å². The Kier molecular flexibility index (Phi) is 5.66. The minimum Gasteiger partial charge on any atom is -0.491 e. The van der Waals surface area contributed by atoms with Gasteiger partial charge in [-0.2, -0.15) is 0 Å². The average molecular weight is 274 g/mol. The second-order valence-electron chi connectivity index (χ2n) is 5.82. The first-order valence-electron chi connectivity index (χ1n) is 7.72. The number of allylic oxidation sites excluding steroid dienone is 2. The van der Waals surface area contributed by atoms with Crippen molar-refractivity contribution < 1.29 is 9.47 Å². The monoisotopic (exact) mass is 274 g/mol. The molecule has 1 aliphatic heterocycles. The molecule has 1 aliphatic rings. The molecule has 1 unspecified atom stereocenters. The highest BCUT2D eigenvalue weighted by atomic mass is 16.6. The molecule has 0 N–H and O–H groups in total. The number of epoxide rings is 1. The molecule has 0 aromatic heterocycles. The highest BCUT2D eigenvalue weighted by Gasteiger charge is 2.40. The van der Waals surface area contributed by atoms with Crippen molar-refractivity contribution in [3.8, 4) is 5.75 Å². The van der Waals surface area contributed by atoms with Crippen molar-refractivity contribution in [1.82, 2.24) is 0 Å². The van der Waals surface area contributed by atoms with Gasteiger partial charge in [0.25, 0.3) is 0 Å². The third kappa shape index (κ3) is 5.38. The zero-order valence-electron chi connectivity index (χ0n) is 12.7. The van der Waals surface area contributed by atoms with Gasteiger partial charge in [0.2, 0.25) is 0 Å². The van der Waals surface area contributed by atoms with Crippen LogP contribution in [0.1, 0.15) is 45.1 Å². The van der Waals surface area contributed by atoms with Crippen molar-refractivity contribution in [2.75, 3.05) is 13.2 Å². The van der Waals surface area contributed by atoms with Crippen LogP contribution in [0.3, 0.4) is 0 Å². The van der Waals surface area contributed by atoms with Crippen LogP contribution in [-0.4, -0.2) is 18.8 Å². The second-order valence-corrected chi connectivity index (χ2v) is 5.82. The predicted molar refractivity (Wildman–Crippen MR) is 83.3 cm³/mol. The van der Waals surface area contributed by atoms with Gasteiger partial charge in [0.1, 0.15) is 18.0 Å². The number of aryl methyl sites for hydroxylation is 1. The molecular weight excluding hydrogens is 248 g/mol. The Hall–Kier alpha value is -1.28. The van der Waals surface area contributed by atoms with E-state index in [0.29, 0.717) is 6.61 Å². The third-order valence-electron chi connectivity index (χ3n) is 3.56. The molecule has 0 aliphatic carbocycles. The van der Waals surface area contributed by atoms with E-state index in [1.54, 1.807) is 0 Å². The molecule has 1 fully saturated rings. The van der Waals surface area contributed by atoms with Gasteiger partial charge < -0.3 is 9.47 Å². The first kappa shape index (κ1) is 15.1. The van der Waals surface area contributed by atoms with Gasteiger partial charge >= 0.3 is 0 Å². The van der Waals surface area contributed by atoms with Crippen LogP contribution in [0, 0.1) is 0 Å². The van der Waals surface area contributed by atoms with Gasteiger partial charge in [-0.1, -0.05) is 37.6 Å². The van der Waals surface area contributed by atoms with Crippen LogP contribution in [0.2, 0.25) is 0 Å². The second kappa shape index (κ2) is 7.49. The van der Waals surface area contributed by atoms with Crippen LogP contribution in [-0.2, 0) is 11.2 Å². The molecule has 0 radical (unpaired) electrons. The maximum absolute atomic E-state index is 5.72. The molecule has 1 aromatic rings. The molecule has 1 atom stereocenters. The third-order valence-corrected chi connectivity index (χ3v) is 3.56. The maximum atomic E-state index is 5.72. The summed E-state index contributed by atoms with van der Waals surface area (Å²) in [7, 11) is 0. The summed E-state index contributed by atoms with van der Waals surface area (Å²) in [6.45, 7) is 5.75. The Morgan fingerprint density at radius 2 is 1.90 bits per heavy atom. The van der Waals surface area contributed by atoms with Gasteiger partial charge in [-0.15, -0.1) is 0 Å². The Morgan fingerprint density at radius 3 is 2.55 bits per heavy atom. The molecule has 0 spiro atoms. The average Bonchev–Trinajstić information content (AvgIpc) is 3.20. The maximum Gasteiger partial charge on any atom is 0.123 e. The quantitative estimate of drug-likeness (QED) is 0.375. The molecule has 2 heteroatoms. The summed E-state index contributed by atoms with van der Waals surface area (Å²) >= 11 is 0. The van der Waals surface area contributed by atoms with E-state index in [-0.39, 0.29) is 5.60 Å². The van der Waals surface area contributed by atoms with E-state index in [0.717, 1.165) is 18.8 Å². The number of hydrogen-bond acceptors (Lipinski definition) is 2. The molecule has 1 saturated heterocycles. The highest BCUT2D eigenvalue weighted by Crippen LogP contribution is 2.27. The Morgan fingerprint density at radius 1 is 1.20 bits per heavy atom. The van der Waals surface area contributed by atoms with Gasteiger partial charge in [0.05, 0.1) is 6.61 Å². The van der Waals surface area contributed by atoms with E-state index in [1.165, 1.54) is 31.2 Å². The smallest absolute Gasteiger partial charge is 0.123 e. The number of rotatable bonds is 9. The predicted octanol–water partition coefficient (Wildman–Crippen LogP) is 4.53. The molecule has 1 aromatic carbocycles. The standard InChI is InChI=1S/C18H26O2/c1-3-4-5-6-7-8-9-16-10-12-17(13-11-16)19-14-18(2)15-20-18/h5-6,10-13H,3-4,7-9,14-15H2,1-2H3/b6-5+. The van der Waals surface area contributed by atoms with Crippen molar-refractivity contribution in [3.05, 3.63) is 42.0 Å². The molecule has 0 amide bonds. The summed E-state index contributed by atoms with van der Waals surface area (Å²) in [5, 5.41) is 0. The summed E-state index contributed by atoms with van der Waals surface area (Å²) < 4.78 is 11.0. The van der Waals surface area contributed by atoms with Crippen molar-refractivity contribution in [2.45, 2.75) is 51.6 Å². The van der Waals surface area contributed by atoms with Crippen molar-refractivity contribution in [2.24, 2.45) is 0 Å². The highest BCUT2D eigenvalue weighted by molar-refractivity contribution is 5.27. The van der Waals surface area contributed by atoms with E-state index >= 15 is 0 Å². The topological polar surface area (TPSA) is 21.8 Å². The Labute approximate surface area is 122 Å². The first-order chi connectivity index (χ1) is 9.72. The van der Waals surface area contributed by atoms with E-state index in [9.17, 15) is 0 Å². The van der Waals surface area contributed by atoms with Crippen LogP contribution in [0.4, 0.5) is 0 Å². The SMILES string of the molecule is CCC/C=C/CCCc1ccc(OCC2(C)CO2)cc1. The lowest BCUT2D eigenvalue weighted by Crippen LogP contribution is -2.16. The summed E-state index contributed by atoms with van der Waals surface area (Å²) in [6, 6.07) is 8.46. The number of benzene rings is 1. The summed E-state index contributed by atoms with van der Waals surface area (Å²) in [6.07, 6.45) is 10.6. The number of hydrogen-bond donors (Lipinski definition) is 0. The largest absolute Gasteiger partial charge is 0.491 e. The minimum absolute atomic E-state index is 0.0382. The van der Waals surface area contributed by atoms with E-state index in [4.69, 9.17) is 9.47 Å². The zero-order valence-corrected chi connectivity index (χ0v) is 12.7. The van der Waals surface area contributed by atoms with Crippen molar-refractivity contribution in [1.29, 1.82) is 0 Å². The fourth-order valence-corrected chi connectivity index (χ4v) is 2.02. The lowest BCUT2D eigenvalue weighted by atomic mass is 10.1. The first-order valence-corrected chi connectivity index (χ1v) is 7.72. The van der Waals surface area contributed by atoms with E-state index in [1.807, 2.05) is 0 Å². The van der Waals surface area contributed by atoms with Gasteiger partial charge in [-0.25, -0.2) is 0 Å². The van der Waals surface area contributed by atoms with E-state index < -0.39 is 0 Å². The van der Waals surface area contributed by atoms with Crippen LogP contribution in [0.25, 0.3) is 0 Å². The molecular formula is C18H26O2. The molecule has 110 valence electrons. The Balaban J connectivity index is 1.65. The summed E-state index contributed by atoms with van der Waals surface area (Å²) in [4.78, 5) is 0. The van der Waals surface area contributed by atoms with Crippen molar-refractivity contribution >= 4 is 0 Å². The van der Waals surface area contributed by atoms with Crippen LogP contribution < -0.4 is 4.74 Å². The number of ether oxygens (including phenoxy) is 2. The van der Waals surface area contributed by atoms with E-state index in [2.05, 4.69) is 50.3 Å². The van der Waals surface area contributed by atoms with Crippen LogP contribution in [0.5, 0.6) is 5.75 Å². The zero-order chi connectivity index (χ0) is 14.3. The summed E-state index contributed by atoms with van der Waals surface area (Å²) in [5.41, 5.74) is 1.35. The van der Waals surface area contributed by atoms with Crippen LogP contribution in [0.15, 0.2) is 36.4 Å². The fraction of sp³-hybridized carbons (Fsp3) is 0.556. The number of unbranched alkanes of at least 4 members (excludes halogenated alkanes) is 2. The lowest BCUT2D eigenvalue weighted by Gasteiger charge is -2.09. The van der Waals surface area contributed by atoms with Crippen LogP contribution >= 0.6 is 0 Å². The van der Waals surface area contributed by atoms with Gasteiger partial charge in [0.15, 0.2) is 0 Å². The molecule has 1 heterocycles. The summed E-state index contributed by atoms with van der Waals surface area (Å²) in [5.74, 6) is 0.938. The molecule has 0 saturated carbocycles. The molecule has 0 bridgehead atoms. The minimum atomic E-state index is -0.0382. The lowest BCUT2D eigenvalue weighted by molar-refractivity contribution is 0.202.